The molecule has 2 nitrogen and oxygen atoms in total. The fourth-order valence-electron chi connectivity index (χ4n) is 3.05. The maximum Gasteiger partial charge on any atom is 0.0695 e. The molecule has 1 saturated heterocycles. The first kappa shape index (κ1) is 10.4. The molecule has 0 aromatic rings. The molecule has 14 heavy (non-hydrogen) atoms. The van der Waals surface area contributed by atoms with Gasteiger partial charge < -0.3 is 5.11 Å². The highest BCUT2D eigenvalue weighted by Gasteiger charge is 2.33. The molecular formula is C12H23NO. The predicted molar refractivity (Wildman–Crippen MR) is 58.2 cm³/mol. The molecule has 1 saturated carbocycles. The Hall–Kier alpha value is -0.0800. The highest BCUT2D eigenvalue weighted by molar-refractivity contribution is 4.88. The van der Waals surface area contributed by atoms with E-state index in [0.717, 1.165) is 12.3 Å². The molecule has 3 unspecified atom stereocenters. The number of hydrogen-bond donors (Lipinski definition) is 1. The smallest absolute Gasteiger partial charge is 0.0695 e. The van der Waals surface area contributed by atoms with E-state index in [1.165, 1.54) is 45.2 Å². The first-order valence-electron chi connectivity index (χ1n) is 6.23. The summed E-state index contributed by atoms with van der Waals surface area (Å²) in [6.45, 7) is 4.72. The number of aliphatic hydroxyl groups is 1. The molecule has 1 N–H and O–H groups in total. The predicted octanol–water partition coefficient (Wildman–Crippen LogP) is 2.02. The second-order valence-corrected chi connectivity index (χ2v) is 4.97. The standard InChI is InChI=1S/C12H23NO/c1-2-10-5-6-12(14)11(9-10)13-7-3-4-8-13/h10-12,14H,2-9H2,1H3. The maximum atomic E-state index is 10.0. The second-order valence-electron chi connectivity index (χ2n) is 4.97. The van der Waals surface area contributed by atoms with E-state index in [4.69, 9.17) is 0 Å². The van der Waals surface area contributed by atoms with Gasteiger partial charge in [-0.2, -0.15) is 0 Å². The lowest BCUT2D eigenvalue weighted by Crippen LogP contribution is -2.45. The molecule has 0 amide bonds. The summed E-state index contributed by atoms with van der Waals surface area (Å²) in [6, 6.07) is 0.483. The molecular weight excluding hydrogens is 174 g/mol. The molecule has 2 fully saturated rings. The lowest BCUT2D eigenvalue weighted by molar-refractivity contribution is 0.0126. The molecule has 2 aliphatic rings. The van der Waals surface area contributed by atoms with E-state index >= 15 is 0 Å². The number of likely N-dealkylation sites (tertiary alicyclic amines) is 1. The van der Waals surface area contributed by atoms with Crippen molar-refractivity contribution in [3.05, 3.63) is 0 Å². The minimum atomic E-state index is -0.0455. The fraction of sp³-hybridized carbons (Fsp3) is 1.00. The van der Waals surface area contributed by atoms with Crippen molar-refractivity contribution in [1.29, 1.82) is 0 Å². The summed E-state index contributed by atoms with van der Waals surface area (Å²) in [5.74, 6) is 0.865. The van der Waals surface area contributed by atoms with Gasteiger partial charge in [-0.1, -0.05) is 13.3 Å². The van der Waals surface area contributed by atoms with Gasteiger partial charge in [-0.05, 0) is 51.1 Å². The molecule has 2 rings (SSSR count). The van der Waals surface area contributed by atoms with E-state index in [1.807, 2.05) is 0 Å². The average Bonchev–Trinajstić information content (AvgIpc) is 2.71. The quantitative estimate of drug-likeness (QED) is 0.732. The molecule has 82 valence electrons. The minimum Gasteiger partial charge on any atom is -0.391 e. The van der Waals surface area contributed by atoms with E-state index in [9.17, 15) is 5.11 Å². The normalized spacial score (nSPS) is 40.3. The van der Waals surface area contributed by atoms with Gasteiger partial charge in [-0.15, -0.1) is 0 Å². The number of rotatable bonds is 2. The summed E-state index contributed by atoms with van der Waals surface area (Å²) in [6.07, 6.45) is 7.41. The third kappa shape index (κ3) is 2.12. The van der Waals surface area contributed by atoms with E-state index in [1.54, 1.807) is 0 Å². The van der Waals surface area contributed by atoms with Crippen LogP contribution in [-0.2, 0) is 0 Å². The van der Waals surface area contributed by atoms with Crippen molar-refractivity contribution >= 4 is 0 Å². The van der Waals surface area contributed by atoms with Crippen molar-refractivity contribution in [2.45, 2.75) is 57.6 Å². The summed E-state index contributed by atoms with van der Waals surface area (Å²) in [4.78, 5) is 2.52. The topological polar surface area (TPSA) is 23.5 Å². The highest BCUT2D eigenvalue weighted by Crippen LogP contribution is 2.31. The largest absolute Gasteiger partial charge is 0.391 e. The summed E-state index contributed by atoms with van der Waals surface area (Å²) in [7, 11) is 0. The van der Waals surface area contributed by atoms with Crippen LogP contribution in [0.25, 0.3) is 0 Å². The first-order chi connectivity index (χ1) is 6.81. The van der Waals surface area contributed by atoms with E-state index < -0.39 is 0 Å². The number of nitrogens with zero attached hydrogens (tertiary/aromatic N) is 1. The molecule has 3 atom stereocenters. The summed E-state index contributed by atoms with van der Waals surface area (Å²) in [5, 5.41) is 10.0. The van der Waals surface area contributed by atoms with Crippen LogP contribution in [0.5, 0.6) is 0 Å². The van der Waals surface area contributed by atoms with E-state index in [-0.39, 0.29) is 6.10 Å². The first-order valence-corrected chi connectivity index (χ1v) is 6.23. The van der Waals surface area contributed by atoms with Crippen LogP contribution in [0.4, 0.5) is 0 Å². The van der Waals surface area contributed by atoms with Crippen molar-refractivity contribution in [3.8, 4) is 0 Å². The number of hydrogen-bond acceptors (Lipinski definition) is 2. The third-order valence-corrected chi connectivity index (χ3v) is 4.08. The monoisotopic (exact) mass is 197 g/mol. The average molecular weight is 197 g/mol. The van der Waals surface area contributed by atoms with Gasteiger partial charge in [-0.25, -0.2) is 0 Å². The Kier molecular flexibility index (Phi) is 3.45. The Labute approximate surface area is 87.3 Å². The Balaban J connectivity index is 1.93. The molecule has 0 spiro atoms. The van der Waals surface area contributed by atoms with Gasteiger partial charge in [0, 0.05) is 6.04 Å². The lowest BCUT2D eigenvalue weighted by atomic mass is 9.82. The van der Waals surface area contributed by atoms with Gasteiger partial charge in [0.05, 0.1) is 6.10 Å². The van der Waals surface area contributed by atoms with E-state index in [0.29, 0.717) is 6.04 Å². The van der Waals surface area contributed by atoms with Crippen LogP contribution in [0.3, 0.4) is 0 Å². The molecule has 1 aliphatic carbocycles. The van der Waals surface area contributed by atoms with Gasteiger partial charge in [-0.3, -0.25) is 4.90 Å². The van der Waals surface area contributed by atoms with Crippen LogP contribution < -0.4 is 0 Å². The number of aliphatic hydroxyl groups excluding tert-OH is 1. The van der Waals surface area contributed by atoms with Crippen molar-refractivity contribution in [2.24, 2.45) is 5.92 Å². The third-order valence-electron chi connectivity index (χ3n) is 4.08. The SMILES string of the molecule is CCC1CCC(O)C(N2CCCC2)C1. The molecule has 2 heteroatoms. The van der Waals surface area contributed by atoms with Crippen LogP contribution in [0, 0.1) is 5.92 Å². The molecule has 1 aliphatic heterocycles. The van der Waals surface area contributed by atoms with Gasteiger partial charge in [0.1, 0.15) is 0 Å². The Bertz CT molecular complexity index is 177. The van der Waals surface area contributed by atoms with Crippen LogP contribution in [0.1, 0.15) is 45.4 Å². The van der Waals surface area contributed by atoms with Crippen LogP contribution in [0.2, 0.25) is 0 Å². The Morgan fingerprint density at radius 1 is 1.21 bits per heavy atom. The summed E-state index contributed by atoms with van der Waals surface area (Å²) < 4.78 is 0. The Morgan fingerprint density at radius 3 is 2.57 bits per heavy atom. The van der Waals surface area contributed by atoms with Crippen LogP contribution in [-0.4, -0.2) is 35.2 Å². The minimum absolute atomic E-state index is 0.0455. The van der Waals surface area contributed by atoms with Crippen molar-refractivity contribution < 1.29 is 5.11 Å². The summed E-state index contributed by atoms with van der Waals surface area (Å²) in [5.41, 5.74) is 0. The van der Waals surface area contributed by atoms with Crippen molar-refractivity contribution in [2.75, 3.05) is 13.1 Å². The molecule has 0 radical (unpaired) electrons. The lowest BCUT2D eigenvalue weighted by Gasteiger charge is -2.38. The summed E-state index contributed by atoms with van der Waals surface area (Å²) >= 11 is 0. The molecule has 0 aromatic carbocycles. The van der Waals surface area contributed by atoms with Crippen LogP contribution >= 0.6 is 0 Å². The molecule has 0 aromatic heterocycles. The molecule has 0 bridgehead atoms. The van der Waals surface area contributed by atoms with Gasteiger partial charge in [0.2, 0.25) is 0 Å². The van der Waals surface area contributed by atoms with Gasteiger partial charge in [0.15, 0.2) is 0 Å². The van der Waals surface area contributed by atoms with E-state index in [2.05, 4.69) is 11.8 Å². The zero-order valence-electron chi connectivity index (χ0n) is 9.28. The van der Waals surface area contributed by atoms with Crippen molar-refractivity contribution in [3.63, 3.8) is 0 Å². The van der Waals surface area contributed by atoms with Crippen LogP contribution in [0.15, 0.2) is 0 Å². The fourth-order valence-corrected chi connectivity index (χ4v) is 3.05. The molecule has 1 heterocycles. The Morgan fingerprint density at radius 2 is 1.93 bits per heavy atom. The second kappa shape index (κ2) is 4.63. The zero-order chi connectivity index (χ0) is 9.97. The van der Waals surface area contributed by atoms with Gasteiger partial charge in [0.25, 0.3) is 0 Å². The van der Waals surface area contributed by atoms with Gasteiger partial charge >= 0.3 is 0 Å². The van der Waals surface area contributed by atoms with Crippen molar-refractivity contribution in [1.82, 2.24) is 4.90 Å². The zero-order valence-corrected chi connectivity index (χ0v) is 9.28. The maximum absolute atomic E-state index is 10.0. The highest BCUT2D eigenvalue weighted by atomic mass is 16.3.